The third-order valence-corrected chi connectivity index (χ3v) is 5.67. The van der Waals surface area contributed by atoms with E-state index in [0.29, 0.717) is 5.92 Å². The zero-order valence-electron chi connectivity index (χ0n) is 13.6. The summed E-state index contributed by atoms with van der Waals surface area (Å²) >= 11 is 1.77. The Hall–Kier alpha value is -0.650. The Labute approximate surface area is 132 Å². The topological polar surface area (TPSA) is 48.4 Å². The van der Waals surface area contributed by atoms with Crippen LogP contribution in [0.5, 0.6) is 0 Å². The average molecular weight is 311 g/mol. The highest BCUT2D eigenvalue weighted by Gasteiger charge is 2.22. The molecule has 0 spiro atoms. The van der Waals surface area contributed by atoms with Gasteiger partial charge in [-0.05, 0) is 45.1 Å². The molecule has 1 saturated carbocycles. The molecule has 0 amide bonds. The van der Waals surface area contributed by atoms with Crippen LogP contribution in [0.2, 0.25) is 0 Å². The molecule has 120 valence electrons. The second kappa shape index (κ2) is 8.11. The monoisotopic (exact) mass is 311 g/mol. The number of aryl methyl sites for hydroxylation is 1. The maximum absolute atomic E-state index is 9.96. The molecule has 1 heterocycles. The number of rotatable bonds is 7. The van der Waals surface area contributed by atoms with Crippen molar-refractivity contribution in [1.82, 2.24) is 10.3 Å². The first-order valence-corrected chi connectivity index (χ1v) is 8.92. The van der Waals surface area contributed by atoms with E-state index in [1.165, 1.54) is 24.1 Å². The van der Waals surface area contributed by atoms with Crippen molar-refractivity contribution in [2.75, 3.05) is 25.5 Å². The summed E-state index contributed by atoms with van der Waals surface area (Å²) in [7, 11) is 4.07. The summed E-state index contributed by atoms with van der Waals surface area (Å²) in [6.45, 7) is 4.02. The number of aliphatic hydroxyl groups is 1. The summed E-state index contributed by atoms with van der Waals surface area (Å²) in [5.41, 5.74) is 1.14. The number of anilines is 1. The van der Waals surface area contributed by atoms with E-state index >= 15 is 0 Å². The van der Waals surface area contributed by atoms with Gasteiger partial charge in [0.1, 0.15) is 0 Å². The fourth-order valence-electron chi connectivity index (χ4n) is 2.98. The van der Waals surface area contributed by atoms with Gasteiger partial charge in [-0.25, -0.2) is 4.98 Å². The van der Waals surface area contributed by atoms with E-state index in [-0.39, 0.29) is 6.10 Å². The number of thiazole rings is 1. The number of aromatic nitrogens is 1. The molecule has 2 N–H and O–H groups in total. The van der Waals surface area contributed by atoms with E-state index in [4.69, 9.17) is 0 Å². The molecule has 2 unspecified atom stereocenters. The van der Waals surface area contributed by atoms with Crippen molar-refractivity contribution >= 4 is 16.5 Å². The molecule has 0 aromatic carbocycles. The molecule has 5 heteroatoms. The first-order valence-electron chi connectivity index (χ1n) is 8.10. The summed E-state index contributed by atoms with van der Waals surface area (Å²) in [5.74, 6) is 0.533. The van der Waals surface area contributed by atoms with Crippen molar-refractivity contribution in [2.45, 2.75) is 58.1 Å². The Morgan fingerprint density at radius 2 is 2.10 bits per heavy atom. The molecule has 2 atom stereocenters. The molecule has 0 radical (unpaired) electrons. The highest BCUT2D eigenvalue weighted by atomic mass is 32.1. The summed E-state index contributed by atoms with van der Waals surface area (Å²) in [5, 5.41) is 14.6. The maximum Gasteiger partial charge on any atom is 0.185 e. The molecule has 1 aliphatic rings. The number of hydrogen-bond donors (Lipinski definition) is 2. The van der Waals surface area contributed by atoms with E-state index in [1.54, 1.807) is 11.3 Å². The van der Waals surface area contributed by atoms with Crippen LogP contribution in [0.4, 0.5) is 5.13 Å². The van der Waals surface area contributed by atoms with Gasteiger partial charge < -0.3 is 15.3 Å². The zero-order valence-corrected chi connectivity index (χ0v) is 14.4. The van der Waals surface area contributed by atoms with Gasteiger partial charge in [-0.1, -0.05) is 12.8 Å². The summed E-state index contributed by atoms with van der Waals surface area (Å²) in [6.07, 6.45) is 6.97. The fourth-order valence-corrected chi connectivity index (χ4v) is 3.94. The minimum atomic E-state index is -0.0508. The van der Waals surface area contributed by atoms with Crippen LogP contribution >= 0.6 is 11.3 Å². The Balaban J connectivity index is 1.65. The molecule has 1 aromatic rings. The van der Waals surface area contributed by atoms with Crippen molar-refractivity contribution < 1.29 is 5.11 Å². The first kappa shape index (κ1) is 16.7. The van der Waals surface area contributed by atoms with E-state index in [0.717, 1.165) is 43.2 Å². The van der Waals surface area contributed by atoms with E-state index < -0.39 is 0 Å². The predicted octanol–water partition coefficient (Wildman–Crippen LogP) is 2.94. The predicted molar refractivity (Wildman–Crippen MR) is 90.1 cm³/mol. The van der Waals surface area contributed by atoms with Gasteiger partial charge in [0.25, 0.3) is 0 Å². The highest BCUT2D eigenvalue weighted by molar-refractivity contribution is 7.15. The van der Waals surface area contributed by atoms with Gasteiger partial charge in [0.2, 0.25) is 0 Å². The molecule has 0 saturated heterocycles. The third kappa shape index (κ3) is 4.94. The third-order valence-electron chi connectivity index (χ3n) is 4.35. The molecule has 2 rings (SSSR count). The van der Waals surface area contributed by atoms with E-state index in [2.05, 4.69) is 22.1 Å². The Morgan fingerprint density at radius 1 is 1.33 bits per heavy atom. The lowest BCUT2D eigenvalue weighted by Gasteiger charge is -2.27. The van der Waals surface area contributed by atoms with E-state index in [1.807, 2.05) is 14.1 Å². The van der Waals surface area contributed by atoms with Crippen molar-refractivity contribution in [3.05, 3.63) is 10.6 Å². The van der Waals surface area contributed by atoms with Gasteiger partial charge in [-0.3, -0.25) is 0 Å². The van der Waals surface area contributed by atoms with Crippen LogP contribution in [0.25, 0.3) is 0 Å². The maximum atomic E-state index is 9.96. The largest absolute Gasteiger partial charge is 0.393 e. The number of nitrogens with one attached hydrogen (secondary N) is 1. The summed E-state index contributed by atoms with van der Waals surface area (Å²) in [4.78, 5) is 7.95. The van der Waals surface area contributed by atoms with Crippen LogP contribution in [0.15, 0.2) is 0 Å². The number of nitrogens with zero attached hydrogens (tertiary/aromatic N) is 2. The Kier molecular flexibility index (Phi) is 6.45. The van der Waals surface area contributed by atoms with Crippen LogP contribution in [0.3, 0.4) is 0 Å². The van der Waals surface area contributed by atoms with Crippen LogP contribution in [0, 0.1) is 12.8 Å². The smallest absolute Gasteiger partial charge is 0.185 e. The minimum Gasteiger partial charge on any atom is -0.393 e. The van der Waals surface area contributed by atoms with Gasteiger partial charge in [-0.2, -0.15) is 0 Å². The van der Waals surface area contributed by atoms with Crippen LogP contribution in [-0.4, -0.2) is 36.8 Å². The van der Waals surface area contributed by atoms with Gasteiger partial charge in [0, 0.05) is 25.5 Å². The number of aliphatic hydroxyl groups excluding tert-OH is 1. The van der Waals surface area contributed by atoms with Crippen molar-refractivity contribution in [3.63, 3.8) is 0 Å². The van der Waals surface area contributed by atoms with Crippen molar-refractivity contribution in [3.8, 4) is 0 Å². The fraction of sp³-hybridized carbons (Fsp3) is 0.812. The molecule has 4 nitrogen and oxygen atoms in total. The van der Waals surface area contributed by atoms with Gasteiger partial charge in [-0.15, -0.1) is 11.3 Å². The lowest BCUT2D eigenvalue weighted by molar-refractivity contribution is 0.0643. The van der Waals surface area contributed by atoms with E-state index in [9.17, 15) is 5.11 Å². The van der Waals surface area contributed by atoms with Crippen LogP contribution in [-0.2, 0) is 6.54 Å². The normalized spacial score (nSPS) is 22.5. The Bertz CT molecular complexity index is 433. The first-order chi connectivity index (χ1) is 10.1. The SMILES string of the molecule is Cc1nc(N(C)C)sc1CNCCCC1CCCCC1O. The second-order valence-corrected chi connectivity index (χ2v) is 7.39. The van der Waals surface area contributed by atoms with Gasteiger partial charge in [0.15, 0.2) is 5.13 Å². The van der Waals surface area contributed by atoms with Crippen molar-refractivity contribution in [1.29, 1.82) is 0 Å². The Morgan fingerprint density at radius 3 is 2.76 bits per heavy atom. The lowest BCUT2D eigenvalue weighted by atomic mass is 9.83. The van der Waals surface area contributed by atoms with Crippen molar-refractivity contribution in [2.24, 2.45) is 5.92 Å². The summed E-state index contributed by atoms with van der Waals surface area (Å²) in [6, 6.07) is 0. The van der Waals surface area contributed by atoms with Gasteiger partial charge in [0.05, 0.1) is 11.8 Å². The lowest BCUT2D eigenvalue weighted by Crippen LogP contribution is -2.25. The second-order valence-electron chi connectivity index (χ2n) is 6.33. The minimum absolute atomic E-state index is 0.0508. The molecule has 1 fully saturated rings. The molecular formula is C16H29N3OS. The molecule has 1 aliphatic carbocycles. The van der Waals surface area contributed by atoms with Crippen LogP contribution in [0.1, 0.15) is 49.1 Å². The van der Waals surface area contributed by atoms with Crippen LogP contribution < -0.4 is 10.2 Å². The summed E-state index contributed by atoms with van der Waals surface area (Å²) < 4.78 is 0. The molecule has 0 aliphatic heterocycles. The highest BCUT2D eigenvalue weighted by Crippen LogP contribution is 2.28. The zero-order chi connectivity index (χ0) is 15.2. The molecular weight excluding hydrogens is 282 g/mol. The quantitative estimate of drug-likeness (QED) is 0.760. The standard InChI is InChI=1S/C16H29N3OS/c1-12-15(21-16(18-12)19(2)3)11-17-10-6-8-13-7-4-5-9-14(13)20/h13-14,17,20H,4-11H2,1-3H3. The molecule has 1 aromatic heterocycles. The molecule has 0 bridgehead atoms. The molecule has 21 heavy (non-hydrogen) atoms. The average Bonchev–Trinajstić information content (AvgIpc) is 2.82. The number of hydrogen-bond acceptors (Lipinski definition) is 5. The van der Waals surface area contributed by atoms with Gasteiger partial charge >= 0.3 is 0 Å².